The summed E-state index contributed by atoms with van der Waals surface area (Å²) in [6, 6.07) is 12.9. The van der Waals surface area contributed by atoms with Crippen LogP contribution in [-0.4, -0.2) is 41.9 Å². The molecule has 5 aromatic rings. The van der Waals surface area contributed by atoms with Crippen molar-refractivity contribution < 1.29 is 18.3 Å². The van der Waals surface area contributed by atoms with Gasteiger partial charge in [0, 0.05) is 30.2 Å². The molecule has 0 unspecified atom stereocenters. The minimum absolute atomic E-state index is 0.190. The van der Waals surface area contributed by atoms with E-state index in [1.54, 1.807) is 18.7 Å². The van der Waals surface area contributed by atoms with Crippen LogP contribution >= 0.6 is 11.3 Å². The molecule has 1 aliphatic rings. The summed E-state index contributed by atoms with van der Waals surface area (Å²) < 4.78 is 31.9. The minimum atomic E-state index is -0.190. The van der Waals surface area contributed by atoms with Crippen molar-refractivity contribution in [3.8, 4) is 22.4 Å². The highest BCUT2D eigenvalue weighted by atomic mass is 32.1. The highest BCUT2D eigenvalue weighted by Crippen LogP contribution is 2.35. The number of hydrogen-bond acceptors (Lipinski definition) is 7. The SMILES string of the molecule is COc1cc(CCC2CCN(c3ccc(F)cc3)CC2)c2cc(-c3cn4nc(OC)sc4n3)oc2c1. The van der Waals surface area contributed by atoms with Crippen LogP contribution in [0.15, 0.2) is 53.1 Å². The van der Waals surface area contributed by atoms with Gasteiger partial charge >= 0.3 is 0 Å². The van der Waals surface area contributed by atoms with Gasteiger partial charge in [-0.3, -0.25) is 0 Å². The molecule has 3 aromatic heterocycles. The molecule has 2 aromatic carbocycles. The summed E-state index contributed by atoms with van der Waals surface area (Å²) in [5.74, 6) is 1.96. The predicted octanol–water partition coefficient (Wildman–Crippen LogP) is 6.21. The van der Waals surface area contributed by atoms with Crippen LogP contribution in [0.1, 0.15) is 24.8 Å². The number of methoxy groups -OCH3 is 2. The molecular formula is C27H27FN4O3S. The van der Waals surface area contributed by atoms with Crippen LogP contribution < -0.4 is 14.4 Å². The molecule has 1 aliphatic heterocycles. The van der Waals surface area contributed by atoms with Crippen molar-refractivity contribution in [2.24, 2.45) is 5.92 Å². The molecule has 0 amide bonds. The van der Waals surface area contributed by atoms with Crippen molar-refractivity contribution in [2.45, 2.75) is 25.7 Å². The zero-order valence-electron chi connectivity index (χ0n) is 20.2. The van der Waals surface area contributed by atoms with Crippen LogP contribution in [0.4, 0.5) is 10.1 Å². The second kappa shape index (κ2) is 9.46. The molecule has 7 nitrogen and oxygen atoms in total. The third kappa shape index (κ3) is 4.39. The smallest absolute Gasteiger partial charge is 0.294 e. The molecule has 6 rings (SSSR count). The third-order valence-corrected chi connectivity index (χ3v) is 7.90. The maximum atomic E-state index is 13.3. The maximum absolute atomic E-state index is 13.3. The Morgan fingerprint density at radius 1 is 1.08 bits per heavy atom. The highest BCUT2D eigenvalue weighted by Gasteiger charge is 2.21. The van der Waals surface area contributed by atoms with Gasteiger partial charge in [-0.1, -0.05) is 0 Å². The van der Waals surface area contributed by atoms with Gasteiger partial charge in [0.1, 0.15) is 22.8 Å². The van der Waals surface area contributed by atoms with E-state index in [0.29, 0.717) is 16.9 Å². The molecule has 0 bridgehead atoms. The molecule has 0 spiro atoms. The lowest BCUT2D eigenvalue weighted by molar-refractivity contribution is 0.381. The fourth-order valence-corrected chi connectivity index (χ4v) is 5.71. The minimum Gasteiger partial charge on any atom is -0.497 e. The second-order valence-electron chi connectivity index (χ2n) is 9.18. The number of benzene rings is 2. The lowest BCUT2D eigenvalue weighted by atomic mass is 9.89. The van der Waals surface area contributed by atoms with E-state index in [1.165, 1.54) is 29.0 Å². The van der Waals surface area contributed by atoms with Gasteiger partial charge in [-0.15, -0.1) is 5.10 Å². The molecule has 1 saturated heterocycles. The molecule has 0 atom stereocenters. The van der Waals surface area contributed by atoms with E-state index in [-0.39, 0.29) is 5.82 Å². The van der Waals surface area contributed by atoms with Crippen molar-refractivity contribution >= 4 is 33.0 Å². The molecule has 0 aliphatic carbocycles. The van der Waals surface area contributed by atoms with Gasteiger partial charge in [0.25, 0.3) is 5.19 Å². The normalized spacial score (nSPS) is 14.7. The molecule has 9 heteroatoms. The molecule has 4 heterocycles. The third-order valence-electron chi connectivity index (χ3n) is 7.01. The first kappa shape index (κ1) is 22.8. The topological polar surface area (TPSA) is 65.0 Å². The van der Waals surface area contributed by atoms with E-state index in [4.69, 9.17) is 13.9 Å². The number of halogens is 1. The van der Waals surface area contributed by atoms with Crippen molar-refractivity contribution in [3.63, 3.8) is 0 Å². The number of ether oxygens (including phenoxy) is 2. The Kier molecular flexibility index (Phi) is 6.00. The largest absolute Gasteiger partial charge is 0.497 e. The van der Waals surface area contributed by atoms with Crippen molar-refractivity contribution in [1.82, 2.24) is 14.6 Å². The molecule has 1 fully saturated rings. The van der Waals surface area contributed by atoms with E-state index < -0.39 is 0 Å². The van der Waals surface area contributed by atoms with Crippen LogP contribution in [-0.2, 0) is 6.42 Å². The number of nitrogens with zero attached hydrogens (tertiary/aromatic N) is 4. The number of fused-ring (bicyclic) bond motifs is 2. The first-order chi connectivity index (χ1) is 17.6. The quantitative estimate of drug-likeness (QED) is 0.262. The number of rotatable bonds is 7. The average molecular weight is 507 g/mol. The number of piperidine rings is 1. The first-order valence-electron chi connectivity index (χ1n) is 12.1. The van der Waals surface area contributed by atoms with Crippen molar-refractivity contribution in [3.05, 3.63) is 60.0 Å². The zero-order valence-corrected chi connectivity index (χ0v) is 21.1. The Morgan fingerprint density at radius 3 is 2.61 bits per heavy atom. The van der Waals surface area contributed by atoms with Crippen molar-refractivity contribution in [1.29, 1.82) is 0 Å². The van der Waals surface area contributed by atoms with Gasteiger partial charge in [-0.2, -0.15) is 0 Å². The molecular weight excluding hydrogens is 479 g/mol. The monoisotopic (exact) mass is 506 g/mol. The molecule has 0 saturated carbocycles. The fourth-order valence-electron chi connectivity index (χ4n) is 5.01. The van der Waals surface area contributed by atoms with Gasteiger partial charge in [0.2, 0.25) is 4.96 Å². The van der Waals surface area contributed by atoms with Crippen molar-refractivity contribution in [2.75, 3.05) is 32.2 Å². The van der Waals surface area contributed by atoms with Crippen LogP contribution in [0.3, 0.4) is 0 Å². The first-order valence-corrected chi connectivity index (χ1v) is 12.9. The van der Waals surface area contributed by atoms with Crippen LogP contribution in [0.2, 0.25) is 0 Å². The van der Waals surface area contributed by atoms with Gasteiger partial charge in [-0.25, -0.2) is 13.9 Å². The summed E-state index contributed by atoms with van der Waals surface area (Å²) in [5, 5.41) is 6.02. The number of anilines is 1. The maximum Gasteiger partial charge on any atom is 0.294 e. The zero-order chi connectivity index (χ0) is 24.6. The fraction of sp³-hybridized carbons (Fsp3) is 0.333. The summed E-state index contributed by atoms with van der Waals surface area (Å²) >= 11 is 1.39. The number of imidazole rings is 1. The number of hydrogen-bond donors (Lipinski definition) is 0. The summed E-state index contributed by atoms with van der Waals surface area (Å²) in [7, 11) is 3.28. The highest BCUT2D eigenvalue weighted by molar-refractivity contribution is 7.18. The molecule has 0 radical (unpaired) electrons. The van der Waals surface area contributed by atoms with Gasteiger partial charge in [0.05, 0.1) is 20.4 Å². The van der Waals surface area contributed by atoms with Gasteiger partial charge in [0.15, 0.2) is 5.76 Å². The molecule has 36 heavy (non-hydrogen) atoms. The summed E-state index contributed by atoms with van der Waals surface area (Å²) in [6.07, 6.45) is 6.17. The lowest BCUT2D eigenvalue weighted by Gasteiger charge is -2.33. The van der Waals surface area contributed by atoms with Crippen LogP contribution in [0.25, 0.3) is 27.4 Å². The van der Waals surface area contributed by atoms with E-state index in [1.807, 2.05) is 24.4 Å². The summed E-state index contributed by atoms with van der Waals surface area (Å²) in [4.78, 5) is 7.77. The van der Waals surface area contributed by atoms with E-state index in [0.717, 1.165) is 71.8 Å². The van der Waals surface area contributed by atoms with Crippen LogP contribution in [0, 0.1) is 11.7 Å². The predicted molar refractivity (Wildman–Crippen MR) is 139 cm³/mol. The van der Waals surface area contributed by atoms with E-state index in [2.05, 4.69) is 27.1 Å². The Hall–Kier alpha value is -3.59. The summed E-state index contributed by atoms with van der Waals surface area (Å²) in [5.41, 5.74) is 3.86. The second-order valence-corrected chi connectivity index (χ2v) is 10.1. The average Bonchev–Trinajstić information content (AvgIpc) is 3.61. The van der Waals surface area contributed by atoms with Gasteiger partial charge in [-0.05, 0) is 84.9 Å². The summed E-state index contributed by atoms with van der Waals surface area (Å²) in [6.45, 7) is 1.99. The lowest BCUT2D eigenvalue weighted by Crippen LogP contribution is -2.33. The Labute approximate surface area is 212 Å². The molecule has 186 valence electrons. The Morgan fingerprint density at radius 2 is 1.89 bits per heavy atom. The van der Waals surface area contributed by atoms with E-state index >= 15 is 0 Å². The van der Waals surface area contributed by atoms with Crippen LogP contribution in [0.5, 0.6) is 10.9 Å². The number of aryl methyl sites for hydroxylation is 1. The van der Waals surface area contributed by atoms with Gasteiger partial charge < -0.3 is 18.8 Å². The van der Waals surface area contributed by atoms with E-state index in [9.17, 15) is 4.39 Å². The Balaban J connectivity index is 1.18. The number of aromatic nitrogens is 3. The number of furan rings is 1. The standard InChI is InChI=1S/C27H27FN4O3S/c1-33-21-13-18(4-3-17-9-11-31(12-10-17)20-7-5-19(28)6-8-20)22-15-25(35-24(22)14-21)23-16-32-26(29-23)36-27(30-32)34-2/h5-8,13-17H,3-4,9-12H2,1-2H3. The Bertz CT molecular complexity index is 1470. The molecule has 0 N–H and O–H groups in total.